The summed E-state index contributed by atoms with van der Waals surface area (Å²) in [6.07, 6.45) is 4.68. The number of nitrogens with one attached hydrogen (secondary N) is 1. The van der Waals surface area contributed by atoms with Crippen LogP contribution in [-0.2, 0) is 15.0 Å². The Labute approximate surface area is 169 Å². The first-order valence-corrected chi connectivity index (χ1v) is 9.99. The van der Waals surface area contributed by atoms with Gasteiger partial charge in [-0.25, -0.2) is 4.98 Å². The van der Waals surface area contributed by atoms with Gasteiger partial charge in [-0.3, -0.25) is 14.1 Å². The van der Waals surface area contributed by atoms with Gasteiger partial charge in [0.05, 0.1) is 11.4 Å². The molecule has 0 saturated carbocycles. The van der Waals surface area contributed by atoms with Crippen LogP contribution in [0.3, 0.4) is 0 Å². The van der Waals surface area contributed by atoms with Gasteiger partial charge in [-0.1, -0.05) is 24.8 Å². The molecule has 0 bridgehead atoms. The molecular formula is C20H19N5O3S. The molecule has 0 aliphatic carbocycles. The number of para-hydroxylation sites is 1. The second-order valence-electron chi connectivity index (χ2n) is 6.17. The smallest absolute Gasteiger partial charge is 0.311 e. The lowest BCUT2D eigenvalue weighted by Gasteiger charge is -2.17. The molecule has 29 heavy (non-hydrogen) atoms. The standard InChI is InChI=1S/C20H19N5O3S/c1-14-19(24-29(27,28)25(3)18-7-5-4-6-8-18)11-17(13-22-14)16-9-10-21-20(12-16)23-15(2)26/h4-13H,1H2,2-3H3,(H,21,23,26). The number of aliphatic imine (C=N–C) groups is 1. The number of hydrogen-bond acceptors (Lipinski definition) is 5. The quantitative estimate of drug-likeness (QED) is 0.820. The lowest BCUT2D eigenvalue weighted by Crippen LogP contribution is -2.25. The molecule has 1 aliphatic rings. The minimum Gasteiger partial charge on any atom is -0.311 e. The van der Waals surface area contributed by atoms with Gasteiger partial charge in [-0.05, 0) is 35.9 Å². The molecule has 0 radical (unpaired) electrons. The SMILES string of the molecule is C=C1N=CC(c2ccnc(NC(C)=O)c2)=CC1=NS(=O)(=O)N(C)c1ccccc1. The van der Waals surface area contributed by atoms with Gasteiger partial charge in [-0.15, -0.1) is 4.40 Å². The van der Waals surface area contributed by atoms with Crippen molar-refractivity contribution in [2.45, 2.75) is 6.92 Å². The highest BCUT2D eigenvalue weighted by Gasteiger charge is 2.20. The van der Waals surface area contributed by atoms with Crippen molar-refractivity contribution in [3.63, 3.8) is 0 Å². The summed E-state index contributed by atoms with van der Waals surface area (Å²) in [6, 6.07) is 12.0. The van der Waals surface area contributed by atoms with E-state index in [-0.39, 0.29) is 17.3 Å². The summed E-state index contributed by atoms with van der Waals surface area (Å²) in [4.78, 5) is 19.5. The summed E-state index contributed by atoms with van der Waals surface area (Å²) in [5.74, 6) is 0.134. The number of nitrogens with zero attached hydrogens (tertiary/aromatic N) is 4. The Morgan fingerprint density at radius 3 is 2.62 bits per heavy atom. The molecular weight excluding hydrogens is 390 g/mol. The van der Waals surface area contributed by atoms with E-state index in [1.165, 1.54) is 20.2 Å². The third-order valence-electron chi connectivity index (χ3n) is 4.02. The van der Waals surface area contributed by atoms with Gasteiger partial charge < -0.3 is 5.32 Å². The van der Waals surface area contributed by atoms with Gasteiger partial charge in [0.25, 0.3) is 0 Å². The maximum Gasteiger partial charge on any atom is 0.345 e. The maximum absolute atomic E-state index is 12.7. The van der Waals surface area contributed by atoms with Crippen molar-refractivity contribution in [2.75, 3.05) is 16.7 Å². The number of pyridine rings is 1. The van der Waals surface area contributed by atoms with Crippen molar-refractivity contribution in [3.8, 4) is 0 Å². The Balaban J connectivity index is 1.95. The minimum absolute atomic E-state index is 0.128. The van der Waals surface area contributed by atoms with E-state index in [9.17, 15) is 13.2 Å². The number of aromatic nitrogens is 1. The van der Waals surface area contributed by atoms with Crippen LogP contribution in [0.2, 0.25) is 0 Å². The van der Waals surface area contributed by atoms with E-state index in [1.54, 1.807) is 54.8 Å². The largest absolute Gasteiger partial charge is 0.345 e. The highest BCUT2D eigenvalue weighted by Crippen LogP contribution is 2.22. The van der Waals surface area contributed by atoms with Crippen LogP contribution in [0.4, 0.5) is 11.5 Å². The molecule has 1 aliphatic heterocycles. The highest BCUT2D eigenvalue weighted by molar-refractivity contribution is 7.91. The number of benzene rings is 1. The molecule has 1 aromatic carbocycles. The summed E-state index contributed by atoms with van der Waals surface area (Å²) < 4.78 is 30.4. The molecule has 8 nitrogen and oxygen atoms in total. The minimum atomic E-state index is -4.00. The first-order chi connectivity index (χ1) is 13.8. The predicted octanol–water partition coefficient (Wildman–Crippen LogP) is 2.84. The first kappa shape index (κ1) is 20.2. The summed E-state index contributed by atoms with van der Waals surface area (Å²) in [6.45, 7) is 5.16. The number of carbonyl (C=O) groups is 1. The molecule has 0 atom stereocenters. The van der Waals surface area contributed by atoms with Crippen LogP contribution in [0.25, 0.3) is 5.57 Å². The topological polar surface area (TPSA) is 104 Å². The molecule has 2 heterocycles. The Morgan fingerprint density at radius 1 is 1.21 bits per heavy atom. The molecule has 1 amide bonds. The van der Waals surface area contributed by atoms with E-state index >= 15 is 0 Å². The fraction of sp³-hybridized carbons (Fsp3) is 0.100. The number of anilines is 2. The van der Waals surface area contributed by atoms with Gasteiger partial charge in [0, 0.05) is 32.0 Å². The summed E-state index contributed by atoms with van der Waals surface area (Å²) in [5, 5.41) is 2.60. The van der Waals surface area contributed by atoms with Gasteiger partial charge in [-0.2, -0.15) is 8.42 Å². The Hall–Kier alpha value is -3.59. The van der Waals surface area contributed by atoms with E-state index in [0.717, 1.165) is 4.31 Å². The Morgan fingerprint density at radius 2 is 1.93 bits per heavy atom. The molecule has 0 saturated heterocycles. The van der Waals surface area contributed by atoms with Crippen molar-refractivity contribution in [1.82, 2.24) is 4.98 Å². The third-order valence-corrected chi connectivity index (χ3v) is 5.35. The highest BCUT2D eigenvalue weighted by atomic mass is 32.2. The normalized spacial score (nSPS) is 15.2. The second kappa shape index (κ2) is 8.19. The van der Waals surface area contributed by atoms with Crippen molar-refractivity contribution in [1.29, 1.82) is 0 Å². The fourth-order valence-electron chi connectivity index (χ4n) is 2.53. The number of allylic oxidation sites excluding steroid dienone is 2. The molecule has 2 aromatic rings. The number of carbonyl (C=O) groups excluding carboxylic acids is 1. The fourth-order valence-corrected chi connectivity index (χ4v) is 3.45. The molecule has 0 unspecified atom stereocenters. The molecule has 9 heteroatoms. The molecule has 148 valence electrons. The average molecular weight is 409 g/mol. The van der Waals surface area contributed by atoms with Crippen molar-refractivity contribution >= 4 is 45.1 Å². The zero-order valence-corrected chi connectivity index (χ0v) is 16.7. The van der Waals surface area contributed by atoms with E-state index in [1.807, 2.05) is 0 Å². The Kier molecular flexibility index (Phi) is 5.69. The van der Waals surface area contributed by atoms with Crippen LogP contribution in [0.1, 0.15) is 12.5 Å². The molecule has 1 aromatic heterocycles. The van der Waals surface area contributed by atoms with Crippen molar-refractivity contribution in [2.24, 2.45) is 9.39 Å². The summed E-state index contributed by atoms with van der Waals surface area (Å²) >= 11 is 0. The zero-order valence-electron chi connectivity index (χ0n) is 15.9. The van der Waals surface area contributed by atoms with Gasteiger partial charge in [0.1, 0.15) is 11.5 Å². The average Bonchev–Trinajstić information content (AvgIpc) is 2.69. The van der Waals surface area contributed by atoms with Gasteiger partial charge in [0.2, 0.25) is 5.91 Å². The van der Waals surface area contributed by atoms with Crippen molar-refractivity contribution in [3.05, 3.63) is 72.6 Å². The number of rotatable bonds is 5. The second-order valence-corrected chi connectivity index (χ2v) is 7.80. The maximum atomic E-state index is 12.7. The third kappa shape index (κ3) is 4.82. The summed E-state index contributed by atoms with van der Waals surface area (Å²) in [7, 11) is -2.58. The molecule has 0 fully saturated rings. The van der Waals surface area contributed by atoms with Crippen LogP contribution in [0, 0.1) is 0 Å². The Bertz CT molecular complexity index is 1150. The molecule has 1 N–H and O–H groups in total. The monoisotopic (exact) mass is 409 g/mol. The lowest BCUT2D eigenvalue weighted by atomic mass is 10.0. The van der Waals surface area contributed by atoms with Crippen molar-refractivity contribution < 1.29 is 13.2 Å². The van der Waals surface area contributed by atoms with E-state index in [0.29, 0.717) is 22.6 Å². The number of hydrogen-bond donors (Lipinski definition) is 1. The van der Waals surface area contributed by atoms with E-state index in [2.05, 4.69) is 26.3 Å². The van der Waals surface area contributed by atoms with Crippen LogP contribution in [0.5, 0.6) is 0 Å². The number of dihydropyridines is 1. The van der Waals surface area contributed by atoms with Crippen LogP contribution < -0.4 is 9.62 Å². The number of amides is 1. The van der Waals surface area contributed by atoms with E-state index < -0.39 is 10.2 Å². The van der Waals surface area contributed by atoms with Crippen LogP contribution >= 0.6 is 0 Å². The van der Waals surface area contributed by atoms with Gasteiger partial charge >= 0.3 is 10.2 Å². The van der Waals surface area contributed by atoms with E-state index in [4.69, 9.17) is 0 Å². The molecule has 3 rings (SSSR count). The predicted molar refractivity (Wildman–Crippen MR) is 115 cm³/mol. The lowest BCUT2D eigenvalue weighted by molar-refractivity contribution is -0.114. The van der Waals surface area contributed by atoms with Crippen LogP contribution in [-0.4, -0.2) is 38.3 Å². The first-order valence-electron chi connectivity index (χ1n) is 8.59. The summed E-state index contributed by atoms with van der Waals surface area (Å²) in [5.41, 5.74) is 2.15. The van der Waals surface area contributed by atoms with Crippen LogP contribution in [0.15, 0.2) is 76.4 Å². The zero-order chi connectivity index (χ0) is 21.0. The molecule has 0 spiro atoms. The van der Waals surface area contributed by atoms with Gasteiger partial charge in [0.15, 0.2) is 0 Å².